The highest BCUT2D eigenvalue weighted by Crippen LogP contribution is 2.47. The van der Waals surface area contributed by atoms with Crippen LogP contribution in [0.4, 0.5) is 11.4 Å². The van der Waals surface area contributed by atoms with Gasteiger partial charge in [-0.1, -0.05) is 24.3 Å². The summed E-state index contributed by atoms with van der Waals surface area (Å²) in [6.45, 7) is 0. The third-order valence-electron chi connectivity index (χ3n) is 3.73. The molecule has 0 saturated heterocycles. The summed E-state index contributed by atoms with van der Waals surface area (Å²) in [4.78, 5) is -1.91. The van der Waals surface area contributed by atoms with Crippen LogP contribution in [0.5, 0.6) is 11.5 Å². The minimum Gasteiger partial charge on any atom is -0.506 e. The summed E-state index contributed by atoms with van der Waals surface area (Å²) in [6.07, 6.45) is 0. The Morgan fingerprint density at radius 1 is 0.714 bits per heavy atom. The summed E-state index contributed by atoms with van der Waals surface area (Å²) < 4.78 is 64.5. The van der Waals surface area contributed by atoms with E-state index in [0.29, 0.717) is 5.69 Å². The molecule has 4 N–H and O–H groups in total. The van der Waals surface area contributed by atoms with E-state index >= 15 is 0 Å². The Balaban J connectivity index is 2.40. The summed E-state index contributed by atoms with van der Waals surface area (Å²) in [7, 11) is -9.80. The van der Waals surface area contributed by atoms with Crippen LogP contribution in [0.25, 0.3) is 10.8 Å². The Morgan fingerprint density at radius 2 is 1.36 bits per heavy atom. The minimum atomic E-state index is -5.12. The van der Waals surface area contributed by atoms with Crippen molar-refractivity contribution in [2.75, 3.05) is 0 Å². The zero-order valence-corrected chi connectivity index (χ0v) is 15.4. The lowest BCUT2D eigenvalue weighted by molar-refractivity contribution is 0.415. The van der Waals surface area contributed by atoms with Gasteiger partial charge in [-0.3, -0.25) is 9.11 Å². The molecule has 0 bridgehead atoms. The zero-order chi connectivity index (χ0) is 20.7. The summed E-state index contributed by atoms with van der Waals surface area (Å²) >= 11 is 0. The summed E-state index contributed by atoms with van der Waals surface area (Å²) in [5, 5.41) is 27.7. The van der Waals surface area contributed by atoms with Gasteiger partial charge in [0.1, 0.15) is 11.4 Å². The SMILES string of the molecule is O=S(=O)(O)c1ccc2c(N=Nc3ccccc3)c(O)c(S(=O)(=O)O)c(O)c2c1. The molecule has 0 saturated carbocycles. The highest BCUT2D eigenvalue weighted by molar-refractivity contribution is 7.86. The fourth-order valence-corrected chi connectivity index (χ4v) is 3.71. The van der Waals surface area contributed by atoms with Crippen LogP contribution in [0.15, 0.2) is 68.6 Å². The van der Waals surface area contributed by atoms with E-state index in [2.05, 4.69) is 10.2 Å². The van der Waals surface area contributed by atoms with Crippen LogP contribution in [0.1, 0.15) is 0 Å². The largest absolute Gasteiger partial charge is 0.506 e. The first-order chi connectivity index (χ1) is 13.0. The molecule has 0 aliphatic heterocycles. The Hall–Kier alpha value is -3.06. The number of benzene rings is 3. The van der Waals surface area contributed by atoms with Crippen LogP contribution in [0, 0.1) is 0 Å². The van der Waals surface area contributed by atoms with Crippen LogP contribution >= 0.6 is 0 Å². The lowest BCUT2D eigenvalue weighted by Gasteiger charge is -2.12. The van der Waals surface area contributed by atoms with E-state index in [-0.39, 0.29) is 5.39 Å². The Morgan fingerprint density at radius 3 is 1.93 bits per heavy atom. The minimum absolute atomic E-state index is 0.0746. The number of hydrogen-bond acceptors (Lipinski definition) is 8. The van der Waals surface area contributed by atoms with Crippen molar-refractivity contribution in [3.63, 3.8) is 0 Å². The highest BCUT2D eigenvalue weighted by atomic mass is 32.2. The second kappa shape index (κ2) is 6.83. The average molecular weight is 424 g/mol. The van der Waals surface area contributed by atoms with Gasteiger partial charge in [-0.2, -0.15) is 21.9 Å². The van der Waals surface area contributed by atoms with Gasteiger partial charge in [0.25, 0.3) is 10.1 Å². The van der Waals surface area contributed by atoms with Crippen molar-refractivity contribution in [1.82, 2.24) is 0 Å². The zero-order valence-electron chi connectivity index (χ0n) is 13.8. The molecule has 12 heteroatoms. The number of rotatable bonds is 4. The standard InChI is InChI=1S/C16H12N2O8S2/c19-14-12-8-10(27(21,22)23)6-7-11(12)13(15(20)16(14)28(24,25)26)18-17-9-4-2-1-3-5-9/h1-8,19-20H,(H,21,22,23)(H,24,25,26). The van der Waals surface area contributed by atoms with Gasteiger partial charge in [0.2, 0.25) is 0 Å². The van der Waals surface area contributed by atoms with Crippen LogP contribution in [-0.2, 0) is 20.2 Å². The van der Waals surface area contributed by atoms with E-state index in [1.807, 2.05) is 0 Å². The summed E-state index contributed by atoms with van der Waals surface area (Å²) in [5.74, 6) is -2.19. The lowest BCUT2D eigenvalue weighted by atomic mass is 10.1. The number of fused-ring (bicyclic) bond motifs is 1. The molecule has 0 fully saturated rings. The molecule has 0 aromatic heterocycles. The fraction of sp³-hybridized carbons (Fsp3) is 0. The topological polar surface area (TPSA) is 174 Å². The van der Waals surface area contributed by atoms with E-state index in [9.17, 15) is 36.2 Å². The van der Waals surface area contributed by atoms with Crippen molar-refractivity contribution in [3.8, 4) is 11.5 Å². The number of nitrogens with zero attached hydrogens (tertiary/aromatic N) is 2. The second-order valence-electron chi connectivity index (χ2n) is 5.57. The van der Waals surface area contributed by atoms with Crippen molar-refractivity contribution in [2.45, 2.75) is 9.79 Å². The van der Waals surface area contributed by atoms with Crippen molar-refractivity contribution in [3.05, 3.63) is 48.5 Å². The molecule has 0 spiro atoms. The number of aromatic hydroxyl groups is 2. The van der Waals surface area contributed by atoms with Gasteiger partial charge in [0.05, 0.1) is 10.6 Å². The summed E-state index contributed by atoms with van der Waals surface area (Å²) in [6, 6.07) is 11.0. The molecule has 0 radical (unpaired) electrons. The molecule has 0 heterocycles. The monoisotopic (exact) mass is 424 g/mol. The maximum Gasteiger partial charge on any atom is 0.302 e. The normalized spacial score (nSPS) is 12.6. The second-order valence-corrected chi connectivity index (χ2v) is 8.35. The third-order valence-corrected chi connectivity index (χ3v) is 5.49. The number of hydrogen-bond donors (Lipinski definition) is 4. The Kier molecular flexibility index (Phi) is 4.81. The smallest absolute Gasteiger partial charge is 0.302 e. The van der Waals surface area contributed by atoms with Gasteiger partial charge in [0, 0.05) is 10.8 Å². The van der Waals surface area contributed by atoms with Crippen LogP contribution in [0.3, 0.4) is 0 Å². The van der Waals surface area contributed by atoms with Crippen molar-refractivity contribution >= 4 is 42.4 Å². The predicted molar refractivity (Wildman–Crippen MR) is 97.5 cm³/mol. The molecule has 0 unspecified atom stereocenters. The first-order valence-electron chi connectivity index (χ1n) is 7.43. The van der Waals surface area contributed by atoms with E-state index in [1.54, 1.807) is 30.3 Å². The number of phenols is 2. The van der Waals surface area contributed by atoms with Crippen molar-refractivity contribution < 1.29 is 36.2 Å². The van der Waals surface area contributed by atoms with Crippen molar-refractivity contribution in [1.29, 1.82) is 0 Å². The predicted octanol–water partition coefficient (Wildman–Crippen LogP) is 3.16. The Bertz CT molecular complexity index is 1320. The van der Waals surface area contributed by atoms with Gasteiger partial charge in [-0.25, -0.2) is 0 Å². The number of phenolic OH excluding ortho intramolecular Hbond substituents is 2. The molecule has 146 valence electrons. The van der Waals surface area contributed by atoms with Gasteiger partial charge in [-0.05, 0) is 24.3 Å². The van der Waals surface area contributed by atoms with Crippen LogP contribution < -0.4 is 0 Å². The van der Waals surface area contributed by atoms with Crippen LogP contribution in [-0.4, -0.2) is 36.2 Å². The molecule has 0 aliphatic carbocycles. The first kappa shape index (κ1) is 19.7. The number of azo groups is 1. The maximum absolute atomic E-state index is 11.6. The molecule has 10 nitrogen and oxygen atoms in total. The Labute approximate surface area is 158 Å². The van der Waals surface area contributed by atoms with Crippen LogP contribution in [0.2, 0.25) is 0 Å². The molecule has 3 aromatic carbocycles. The molecule has 0 amide bonds. The van der Waals surface area contributed by atoms with E-state index in [0.717, 1.165) is 18.2 Å². The molecule has 3 aromatic rings. The summed E-state index contributed by atoms with van der Waals surface area (Å²) in [5.41, 5.74) is -0.0859. The average Bonchev–Trinajstić information content (AvgIpc) is 2.60. The molecule has 0 aliphatic rings. The molecule has 28 heavy (non-hydrogen) atoms. The molecular formula is C16H12N2O8S2. The quantitative estimate of drug-likeness (QED) is 0.365. The van der Waals surface area contributed by atoms with Gasteiger partial charge in [-0.15, -0.1) is 5.11 Å². The van der Waals surface area contributed by atoms with E-state index in [1.165, 1.54) is 0 Å². The first-order valence-corrected chi connectivity index (χ1v) is 10.3. The van der Waals surface area contributed by atoms with E-state index < -0.39 is 52.6 Å². The molecular weight excluding hydrogens is 412 g/mol. The third kappa shape index (κ3) is 3.66. The van der Waals surface area contributed by atoms with Gasteiger partial charge >= 0.3 is 10.1 Å². The molecule has 0 atom stereocenters. The molecule has 3 rings (SSSR count). The maximum atomic E-state index is 11.6. The van der Waals surface area contributed by atoms with Gasteiger partial charge in [0.15, 0.2) is 10.6 Å². The van der Waals surface area contributed by atoms with E-state index in [4.69, 9.17) is 0 Å². The highest BCUT2D eigenvalue weighted by Gasteiger charge is 2.28. The van der Waals surface area contributed by atoms with Gasteiger partial charge < -0.3 is 10.2 Å². The lowest BCUT2D eigenvalue weighted by Crippen LogP contribution is -2.01. The fourth-order valence-electron chi connectivity index (χ4n) is 2.50. The van der Waals surface area contributed by atoms with Crippen molar-refractivity contribution in [2.24, 2.45) is 10.2 Å².